The van der Waals surface area contributed by atoms with Crippen LogP contribution in [0.4, 0.5) is 15.9 Å². The SMILES string of the molecule is Oc1cc2ncnc(Nc3ccc(F)c(Cl)c3)c2cc1OC[C@@H]1CCCO1. The molecule has 0 radical (unpaired) electrons. The van der Waals surface area contributed by atoms with Crippen molar-refractivity contribution in [3.63, 3.8) is 0 Å². The van der Waals surface area contributed by atoms with E-state index in [4.69, 9.17) is 21.1 Å². The highest BCUT2D eigenvalue weighted by molar-refractivity contribution is 6.31. The van der Waals surface area contributed by atoms with E-state index in [0.717, 1.165) is 19.4 Å². The first-order valence-corrected chi connectivity index (χ1v) is 8.92. The Bertz CT molecular complexity index is 980. The van der Waals surface area contributed by atoms with Gasteiger partial charge in [-0.1, -0.05) is 11.6 Å². The van der Waals surface area contributed by atoms with Crippen molar-refractivity contribution in [3.05, 3.63) is 47.5 Å². The molecule has 0 amide bonds. The molecule has 1 saturated heterocycles. The molecule has 0 spiro atoms. The molecule has 0 unspecified atom stereocenters. The fourth-order valence-corrected chi connectivity index (χ4v) is 3.14. The van der Waals surface area contributed by atoms with Gasteiger partial charge in [-0.2, -0.15) is 0 Å². The summed E-state index contributed by atoms with van der Waals surface area (Å²) in [6.07, 6.45) is 3.36. The molecule has 1 aliphatic heterocycles. The summed E-state index contributed by atoms with van der Waals surface area (Å²) < 4.78 is 24.6. The number of nitrogens with zero attached hydrogens (tertiary/aromatic N) is 2. The van der Waals surface area contributed by atoms with Crippen molar-refractivity contribution in [1.82, 2.24) is 9.97 Å². The Kier molecular flexibility index (Phi) is 4.96. The van der Waals surface area contributed by atoms with Crippen LogP contribution in [0.5, 0.6) is 11.5 Å². The highest BCUT2D eigenvalue weighted by Gasteiger charge is 2.18. The zero-order chi connectivity index (χ0) is 18.8. The minimum absolute atomic E-state index is 0.00465. The molecule has 27 heavy (non-hydrogen) atoms. The van der Waals surface area contributed by atoms with Crippen molar-refractivity contribution in [2.45, 2.75) is 18.9 Å². The zero-order valence-corrected chi connectivity index (χ0v) is 15.0. The summed E-state index contributed by atoms with van der Waals surface area (Å²) in [7, 11) is 0. The van der Waals surface area contributed by atoms with Crippen LogP contribution in [0.25, 0.3) is 10.9 Å². The van der Waals surface area contributed by atoms with Gasteiger partial charge >= 0.3 is 0 Å². The first kappa shape index (κ1) is 17.8. The molecule has 2 N–H and O–H groups in total. The lowest BCUT2D eigenvalue weighted by atomic mass is 10.2. The molecule has 8 heteroatoms. The number of phenolic OH excluding ortho intramolecular Hbond substituents is 1. The second-order valence-corrected chi connectivity index (χ2v) is 6.67. The second kappa shape index (κ2) is 7.54. The highest BCUT2D eigenvalue weighted by Crippen LogP contribution is 2.34. The maximum absolute atomic E-state index is 13.4. The number of hydrogen-bond acceptors (Lipinski definition) is 6. The molecular formula is C19H17ClFN3O3. The molecule has 1 aromatic heterocycles. The van der Waals surface area contributed by atoms with Crippen molar-refractivity contribution in [1.29, 1.82) is 0 Å². The van der Waals surface area contributed by atoms with Crippen LogP contribution in [0, 0.1) is 5.82 Å². The molecule has 2 aromatic carbocycles. The number of ether oxygens (including phenoxy) is 2. The molecule has 0 aliphatic carbocycles. The van der Waals surface area contributed by atoms with Gasteiger partial charge in [-0.15, -0.1) is 0 Å². The van der Waals surface area contributed by atoms with Crippen LogP contribution in [0.15, 0.2) is 36.7 Å². The van der Waals surface area contributed by atoms with E-state index in [1.807, 2.05) is 0 Å². The molecule has 1 aliphatic rings. The lowest BCUT2D eigenvalue weighted by molar-refractivity contribution is 0.0671. The predicted molar refractivity (Wildman–Crippen MR) is 100 cm³/mol. The second-order valence-electron chi connectivity index (χ2n) is 6.26. The lowest BCUT2D eigenvalue weighted by Gasteiger charge is -2.14. The Morgan fingerprint density at radius 1 is 1.30 bits per heavy atom. The normalized spacial score (nSPS) is 16.6. The Morgan fingerprint density at radius 3 is 2.96 bits per heavy atom. The zero-order valence-electron chi connectivity index (χ0n) is 14.3. The highest BCUT2D eigenvalue weighted by atomic mass is 35.5. The van der Waals surface area contributed by atoms with Gasteiger partial charge in [-0.05, 0) is 37.1 Å². The summed E-state index contributed by atoms with van der Waals surface area (Å²) in [6, 6.07) is 7.50. The molecule has 140 valence electrons. The average molecular weight is 390 g/mol. The minimum Gasteiger partial charge on any atom is -0.504 e. The van der Waals surface area contributed by atoms with E-state index in [9.17, 15) is 9.50 Å². The van der Waals surface area contributed by atoms with Gasteiger partial charge in [0.2, 0.25) is 0 Å². The maximum atomic E-state index is 13.4. The average Bonchev–Trinajstić information content (AvgIpc) is 3.17. The fourth-order valence-electron chi connectivity index (χ4n) is 2.96. The number of rotatable bonds is 5. The molecular weight excluding hydrogens is 373 g/mol. The number of benzene rings is 2. The van der Waals surface area contributed by atoms with Gasteiger partial charge in [-0.25, -0.2) is 14.4 Å². The maximum Gasteiger partial charge on any atom is 0.161 e. The summed E-state index contributed by atoms with van der Waals surface area (Å²) in [5.41, 5.74) is 1.12. The van der Waals surface area contributed by atoms with Crippen molar-refractivity contribution in [2.75, 3.05) is 18.5 Å². The topological polar surface area (TPSA) is 76.5 Å². The first-order valence-electron chi connectivity index (χ1n) is 8.54. The molecule has 6 nitrogen and oxygen atoms in total. The summed E-state index contributed by atoms with van der Waals surface area (Å²) in [5.74, 6) is 0.317. The molecule has 1 atom stereocenters. The van der Waals surface area contributed by atoms with Crippen LogP contribution in [-0.2, 0) is 4.74 Å². The summed E-state index contributed by atoms with van der Waals surface area (Å²) >= 11 is 5.84. The Hall–Kier alpha value is -2.64. The van der Waals surface area contributed by atoms with Crippen LogP contribution in [-0.4, -0.2) is 34.4 Å². The Labute approximate surface area is 159 Å². The summed E-state index contributed by atoms with van der Waals surface area (Å²) in [6.45, 7) is 1.10. The lowest BCUT2D eigenvalue weighted by Crippen LogP contribution is -2.16. The molecule has 3 aromatic rings. The van der Waals surface area contributed by atoms with Gasteiger partial charge in [0.05, 0.1) is 16.6 Å². The van der Waals surface area contributed by atoms with E-state index in [2.05, 4.69) is 15.3 Å². The number of fused-ring (bicyclic) bond motifs is 1. The molecule has 0 saturated carbocycles. The molecule has 2 heterocycles. The third-order valence-corrected chi connectivity index (χ3v) is 4.64. The van der Waals surface area contributed by atoms with E-state index in [1.165, 1.54) is 24.5 Å². The van der Waals surface area contributed by atoms with Gasteiger partial charge < -0.3 is 19.9 Å². The summed E-state index contributed by atoms with van der Waals surface area (Å²) in [5, 5.41) is 14.0. The molecule has 4 rings (SSSR count). The van der Waals surface area contributed by atoms with Crippen LogP contribution >= 0.6 is 11.6 Å². The van der Waals surface area contributed by atoms with Crippen LogP contribution < -0.4 is 10.1 Å². The van der Waals surface area contributed by atoms with Crippen LogP contribution in [0.2, 0.25) is 5.02 Å². The molecule has 1 fully saturated rings. The monoisotopic (exact) mass is 389 g/mol. The number of anilines is 2. The van der Waals surface area contributed by atoms with Gasteiger partial charge in [0.15, 0.2) is 11.5 Å². The van der Waals surface area contributed by atoms with E-state index >= 15 is 0 Å². The number of aromatic nitrogens is 2. The minimum atomic E-state index is -0.496. The van der Waals surface area contributed by atoms with E-state index in [0.29, 0.717) is 34.8 Å². The van der Waals surface area contributed by atoms with Crippen molar-refractivity contribution >= 4 is 34.0 Å². The number of hydrogen-bond donors (Lipinski definition) is 2. The van der Waals surface area contributed by atoms with Crippen LogP contribution in [0.1, 0.15) is 12.8 Å². The van der Waals surface area contributed by atoms with E-state index in [-0.39, 0.29) is 16.9 Å². The number of halogens is 2. The predicted octanol–water partition coefficient (Wildman–Crippen LogP) is 4.43. The first-order chi connectivity index (χ1) is 13.1. The number of nitrogens with one attached hydrogen (secondary N) is 1. The largest absolute Gasteiger partial charge is 0.504 e. The third kappa shape index (κ3) is 3.89. The summed E-state index contributed by atoms with van der Waals surface area (Å²) in [4.78, 5) is 8.42. The smallest absolute Gasteiger partial charge is 0.161 e. The van der Waals surface area contributed by atoms with Crippen LogP contribution in [0.3, 0.4) is 0 Å². The van der Waals surface area contributed by atoms with E-state index in [1.54, 1.807) is 12.1 Å². The van der Waals surface area contributed by atoms with Crippen molar-refractivity contribution in [2.24, 2.45) is 0 Å². The van der Waals surface area contributed by atoms with Crippen molar-refractivity contribution < 1.29 is 19.0 Å². The number of phenols is 1. The van der Waals surface area contributed by atoms with Gasteiger partial charge in [0, 0.05) is 23.7 Å². The Balaban J connectivity index is 1.63. The third-order valence-electron chi connectivity index (χ3n) is 4.35. The standard InChI is InChI=1S/C19H17ClFN3O3/c20-14-6-11(3-4-15(14)21)24-19-13-7-18(27-9-12-2-1-5-26-12)17(25)8-16(13)22-10-23-19/h3-4,6-8,10,12,25H,1-2,5,9H2,(H,22,23,24)/t12-/m0/s1. The quantitative estimate of drug-likeness (QED) is 0.672. The molecule has 0 bridgehead atoms. The van der Waals surface area contributed by atoms with E-state index < -0.39 is 5.82 Å². The number of aromatic hydroxyl groups is 1. The van der Waals surface area contributed by atoms with Gasteiger partial charge in [0.1, 0.15) is 24.6 Å². The van der Waals surface area contributed by atoms with Gasteiger partial charge in [-0.3, -0.25) is 0 Å². The Morgan fingerprint density at radius 2 is 2.19 bits per heavy atom. The van der Waals surface area contributed by atoms with Gasteiger partial charge in [0.25, 0.3) is 0 Å². The fraction of sp³-hybridized carbons (Fsp3) is 0.263. The van der Waals surface area contributed by atoms with Crippen molar-refractivity contribution in [3.8, 4) is 11.5 Å².